The number of hydrogen-bond donors (Lipinski definition) is 4. The van der Waals surface area contributed by atoms with E-state index in [1.54, 1.807) is 60.8 Å². The van der Waals surface area contributed by atoms with Gasteiger partial charge in [-0.05, 0) is 60.2 Å². The number of hydrogen-bond acceptors (Lipinski definition) is 6. The molecule has 11 heteroatoms. The second-order valence-corrected chi connectivity index (χ2v) is 14.1. The van der Waals surface area contributed by atoms with Gasteiger partial charge in [-0.2, -0.15) is 0 Å². The number of nitrogens with one attached hydrogen (secondary N) is 4. The average Bonchev–Trinajstić information content (AvgIpc) is 3.82. The Bertz CT molecular complexity index is 2390. The Morgan fingerprint density at radius 1 is 0.808 bits per heavy atom. The Hall–Kier alpha value is -5.94. The summed E-state index contributed by atoms with van der Waals surface area (Å²) in [5.41, 5.74) is 5.07. The van der Waals surface area contributed by atoms with Gasteiger partial charge in [-0.15, -0.1) is 23.1 Å². The first-order valence-corrected chi connectivity index (χ1v) is 18.3. The Kier molecular flexibility index (Phi) is 10.6. The number of para-hydroxylation sites is 1. The number of rotatable bonds is 11. The Morgan fingerprint density at radius 2 is 1.54 bits per heavy atom. The van der Waals surface area contributed by atoms with Crippen molar-refractivity contribution in [1.29, 1.82) is 0 Å². The molecule has 0 aliphatic rings. The van der Waals surface area contributed by atoms with Crippen molar-refractivity contribution in [3.63, 3.8) is 0 Å². The number of fused-ring (bicyclic) bond motifs is 1. The third-order valence-corrected chi connectivity index (χ3v) is 10.3. The van der Waals surface area contributed by atoms with E-state index in [1.165, 1.54) is 23.1 Å². The van der Waals surface area contributed by atoms with Gasteiger partial charge in [0.25, 0.3) is 11.8 Å². The lowest BCUT2D eigenvalue weighted by molar-refractivity contribution is -0.116. The third kappa shape index (κ3) is 8.33. The standard InChI is InChI=1S/C41H30ClN5O3S2/c42-30-20-18-26(19-21-30)36-25-51-41(46-36)47-40(50)37(27-10-3-1-4-11-27)52-32-15-9-14-31(23-32)44-39(49)35(45-38(48)28-12-5-2-6-13-28)22-29-24-43-34-17-8-7-16-33(29)34/h1-25,37,43H,(H,44,49)(H,45,48)(H,46,47,50)/b35-22-. The quantitative estimate of drug-likeness (QED) is 0.0779. The van der Waals surface area contributed by atoms with Gasteiger partial charge in [0, 0.05) is 54.8 Å². The molecule has 0 fully saturated rings. The molecule has 0 radical (unpaired) electrons. The molecule has 1 atom stereocenters. The predicted molar refractivity (Wildman–Crippen MR) is 211 cm³/mol. The van der Waals surface area contributed by atoms with Crippen molar-refractivity contribution in [3.8, 4) is 11.3 Å². The zero-order valence-corrected chi connectivity index (χ0v) is 29.8. The molecule has 0 bridgehead atoms. The Labute approximate surface area is 313 Å². The number of benzene rings is 5. The molecule has 2 heterocycles. The second-order valence-electron chi connectivity index (χ2n) is 11.6. The minimum absolute atomic E-state index is 0.0691. The van der Waals surface area contributed by atoms with Gasteiger partial charge < -0.3 is 20.9 Å². The smallest absolute Gasteiger partial charge is 0.272 e. The zero-order valence-electron chi connectivity index (χ0n) is 27.4. The maximum absolute atomic E-state index is 13.8. The van der Waals surface area contributed by atoms with Gasteiger partial charge in [-0.1, -0.05) is 96.5 Å². The molecule has 7 aromatic rings. The van der Waals surface area contributed by atoms with Crippen LogP contribution in [0.2, 0.25) is 5.02 Å². The van der Waals surface area contributed by atoms with E-state index in [1.807, 2.05) is 90.3 Å². The summed E-state index contributed by atoms with van der Waals surface area (Å²) in [4.78, 5) is 49.5. The number of halogens is 1. The molecule has 5 aromatic carbocycles. The lowest BCUT2D eigenvalue weighted by Crippen LogP contribution is -2.30. The highest BCUT2D eigenvalue weighted by molar-refractivity contribution is 8.00. The molecule has 7 rings (SSSR count). The van der Waals surface area contributed by atoms with Crippen molar-refractivity contribution in [2.24, 2.45) is 0 Å². The summed E-state index contributed by atoms with van der Waals surface area (Å²) in [5.74, 6) is -1.16. The van der Waals surface area contributed by atoms with Gasteiger partial charge in [0.05, 0.1) is 5.69 Å². The summed E-state index contributed by atoms with van der Waals surface area (Å²) in [7, 11) is 0. The maximum Gasteiger partial charge on any atom is 0.272 e. The van der Waals surface area contributed by atoms with Crippen LogP contribution in [-0.2, 0) is 9.59 Å². The zero-order chi connectivity index (χ0) is 35.9. The highest BCUT2D eigenvalue weighted by Crippen LogP contribution is 2.38. The predicted octanol–water partition coefficient (Wildman–Crippen LogP) is 9.83. The minimum Gasteiger partial charge on any atom is -0.361 e. The Morgan fingerprint density at radius 3 is 2.33 bits per heavy atom. The van der Waals surface area contributed by atoms with Crippen molar-refractivity contribution in [2.75, 3.05) is 10.6 Å². The number of anilines is 2. The van der Waals surface area contributed by atoms with Crippen molar-refractivity contribution < 1.29 is 14.4 Å². The summed E-state index contributed by atoms with van der Waals surface area (Å²) < 4.78 is 0. The summed E-state index contributed by atoms with van der Waals surface area (Å²) in [6.45, 7) is 0. The van der Waals surface area contributed by atoms with Crippen LogP contribution in [0.4, 0.5) is 10.8 Å². The van der Waals surface area contributed by atoms with Crippen LogP contribution in [0.15, 0.2) is 156 Å². The van der Waals surface area contributed by atoms with Gasteiger partial charge in [-0.25, -0.2) is 4.98 Å². The molecule has 1 unspecified atom stereocenters. The molecule has 256 valence electrons. The number of thioether (sulfide) groups is 1. The third-order valence-electron chi connectivity index (χ3n) is 8.01. The van der Waals surface area contributed by atoms with Gasteiger partial charge in [-0.3, -0.25) is 14.4 Å². The molecule has 4 N–H and O–H groups in total. The highest BCUT2D eigenvalue weighted by atomic mass is 35.5. The molecule has 52 heavy (non-hydrogen) atoms. The first kappa shape index (κ1) is 34.5. The molecule has 0 saturated heterocycles. The number of thiazole rings is 1. The molecule has 8 nitrogen and oxygen atoms in total. The number of nitrogens with zero attached hydrogens (tertiary/aromatic N) is 1. The molecular formula is C41H30ClN5O3S2. The summed E-state index contributed by atoms with van der Waals surface area (Å²) >= 11 is 8.74. The van der Waals surface area contributed by atoms with Crippen LogP contribution < -0.4 is 16.0 Å². The topological polar surface area (TPSA) is 116 Å². The number of carbonyl (C=O) groups is 3. The fourth-order valence-electron chi connectivity index (χ4n) is 5.45. The van der Waals surface area contributed by atoms with Gasteiger partial charge in [0.1, 0.15) is 10.9 Å². The van der Waals surface area contributed by atoms with E-state index in [2.05, 4.69) is 25.9 Å². The van der Waals surface area contributed by atoms with Crippen LogP contribution >= 0.6 is 34.7 Å². The van der Waals surface area contributed by atoms with Crippen LogP contribution in [0, 0.1) is 0 Å². The molecular weight excluding hydrogens is 710 g/mol. The van der Waals surface area contributed by atoms with Gasteiger partial charge in [0.15, 0.2) is 5.13 Å². The number of amides is 3. The number of carbonyl (C=O) groups excluding carboxylic acids is 3. The van der Waals surface area contributed by atoms with E-state index in [-0.39, 0.29) is 11.6 Å². The highest BCUT2D eigenvalue weighted by Gasteiger charge is 2.24. The van der Waals surface area contributed by atoms with Crippen LogP contribution in [-0.4, -0.2) is 27.7 Å². The second kappa shape index (κ2) is 15.9. The number of aromatic nitrogens is 2. The lowest BCUT2D eigenvalue weighted by atomic mass is 10.1. The van der Waals surface area contributed by atoms with Crippen LogP contribution in [0.25, 0.3) is 28.2 Å². The van der Waals surface area contributed by atoms with Crippen molar-refractivity contribution >= 4 is 80.2 Å². The van der Waals surface area contributed by atoms with Gasteiger partial charge in [0.2, 0.25) is 5.91 Å². The molecule has 3 amide bonds. The molecule has 0 aliphatic heterocycles. The van der Waals surface area contributed by atoms with E-state index in [0.717, 1.165) is 38.2 Å². The van der Waals surface area contributed by atoms with Crippen molar-refractivity contribution in [1.82, 2.24) is 15.3 Å². The maximum atomic E-state index is 13.8. The fraction of sp³-hybridized carbons (Fsp3) is 0.0244. The number of H-pyrrole nitrogens is 1. The van der Waals surface area contributed by atoms with Gasteiger partial charge >= 0.3 is 0 Å². The van der Waals surface area contributed by atoms with E-state index in [4.69, 9.17) is 11.6 Å². The largest absolute Gasteiger partial charge is 0.361 e. The van der Waals surface area contributed by atoms with Crippen LogP contribution in [0.3, 0.4) is 0 Å². The first-order chi connectivity index (χ1) is 25.4. The van der Waals surface area contributed by atoms with E-state index in [9.17, 15) is 14.4 Å². The summed E-state index contributed by atoms with van der Waals surface area (Å²) in [5, 5.41) is 12.0. The first-order valence-electron chi connectivity index (χ1n) is 16.2. The monoisotopic (exact) mass is 739 g/mol. The molecule has 2 aromatic heterocycles. The summed E-state index contributed by atoms with van der Waals surface area (Å²) in [6.07, 6.45) is 3.45. The SMILES string of the molecule is O=C(Nc1cccc(SC(C(=O)Nc2nc(-c3ccc(Cl)cc3)cs2)c2ccccc2)c1)/C(=C/c1c[nH]c2ccccc12)NC(=O)c1ccccc1. The summed E-state index contributed by atoms with van der Waals surface area (Å²) in [6, 6.07) is 40.5. The van der Waals surface area contributed by atoms with E-state index >= 15 is 0 Å². The Balaban J connectivity index is 1.11. The minimum atomic E-state index is -0.627. The van der Waals surface area contributed by atoms with E-state index < -0.39 is 17.1 Å². The van der Waals surface area contributed by atoms with Crippen molar-refractivity contribution in [3.05, 3.63) is 172 Å². The molecule has 0 aliphatic carbocycles. The number of aromatic amines is 1. The normalized spacial score (nSPS) is 11.9. The molecule has 0 spiro atoms. The van der Waals surface area contributed by atoms with Crippen LogP contribution in [0.5, 0.6) is 0 Å². The van der Waals surface area contributed by atoms with E-state index in [0.29, 0.717) is 21.4 Å². The average molecular weight is 740 g/mol. The molecule has 0 saturated carbocycles. The van der Waals surface area contributed by atoms with Crippen LogP contribution in [0.1, 0.15) is 26.7 Å². The lowest BCUT2D eigenvalue weighted by Gasteiger charge is -2.17. The fourth-order valence-corrected chi connectivity index (χ4v) is 7.38. The van der Waals surface area contributed by atoms with Crippen molar-refractivity contribution in [2.45, 2.75) is 10.1 Å².